The third-order valence-corrected chi connectivity index (χ3v) is 6.57. The van der Waals surface area contributed by atoms with E-state index in [1.54, 1.807) is 23.6 Å². The van der Waals surface area contributed by atoms with Crippen LogP contribution in [-0.2, 0) is 4.79 Å². The number of nitrogens with zero attached hydrogens (tertiary/aromatic N) is 3. The van der Waals surface area contributed by atoms with Gasteiger partial charge >= 0.3 is 0 Å². The second kappa shape index (κ2) is 8.06. The van der Waals surface area contributed by atoms with E-state index in [1.807, 2.05) is 11.4 Å². The number of benzene rings is 1. The first kappa shape index (κ1) is 18.6. The number of aromatic nitrogens is 2. The molecule has 4 rings (SSSR count). The van der Waals surface area contributed by atoms with E-state index in [-0.39, 0.29) is 17.5 Å². The average molecular weight is 427 g/mol. The summed E-state index contributed by atoms with van der Waals surface area (Å²) >= 11 is 4.09. The molecule has 0 saturated heterocycles. The molecule has 4 aromatic rings. The Kier molecular flexibility index (Phi) is 5.34. The molecule has 1 aromatic carbocycles. The van der Waals surface area contributed by atoms with Crippen molar-refractivity contribution < 1.29 is 9.18 Å². The molecular weight excluding hydrogens is 415 g/mol. The van der Waals surface area contributed by atoms with Crippen LogP contribution in [0, 0.1) is 17.1 Å². The fraction of sp³-hybridized carbons (Fsp3) is 0.0526. The molecule has 3 heterocycles. The van der Waals surface area contributed by atoms with Crippen molar-refractivity contribution in [1.82, 2.24) is 9.97 Å². The SMILES string of the molecule is N#Cc1ccsc1NC(=O)CSc1ncnc2scc(-c3ccc(F)cc3)c12. The Morgan fingerprint density at radius 2 is 2.04 bits per heavy atom. The first-order chi connectivity index (χ1) is 13.7. The molecule has 0 unspecified atom stereocenters. The molecule has 0 saturated carbocycles. The van der Waals surface area contributed by atoms with Crippen molar-refractivity contribution in [1.29, 1.82) is 5.26 Å². The van der Waals surface area contributed by atoms with Crippen LogP contribution in [0.25, 0.3) is 21.3 Å². The van der Waals surface area contributed by atoms with E-state index in [0.717, 1.165) is 21.3 Å². The van der Waals surface area contributed by atoms with Crippen molar-refractivity contribution in [2.24, 2.45) is 0 Å². The lowest BCUT2D eigenvalue weighted by atomic mass is 10.1. The predicted molar refractivity (Wildman–Crippen MR) is 111 cm³/mol. The molecule has 5 nitrogen and oxygen atoms in total. The van der Waals surface area contributed by atoms with Gasteiger partial charge in [0.15, 0.2) is 0 Å². The number of nitriles is 1. The molecule has 138 valence electrons. The highest BCUT2D eigenvalue weighted by atomic mass is 32.2. The maximum Gasteiger partial charge on any atom is 0.235 e. The first-order valence-corrected chi connectivity index (χ1v) is 10.8. The molecular formula is C19H11FN4OS3. The lowest BCUT2D eigenvalue weighted by Crippen LogP contribution is -2.13. The van der Waals surface area contributed by atoms with Gasteiger partial charge in [-0.05, 0) is 29.1 Å². The number of nitrogens with one attached hydrogen (secondary N) is 1. The molecule has 3 aromatic heterocycles. The summed E-state index contributed by atoms with van der Waals surface area (Å²) in [4.78, 5) is 21.8. The van der Waals surface area contributed by atoms with Crippen LogP contribution in [0.5, 0.6) is 0 Å². The number of carbonyl (C=O) groups excluding carboxylic acids is 1. The Bertz CT molecular complexity index is 1190. The minimum atomic E-state index is -0.295. The molecule has 1 amide bonds. The monoisotopic (exact) mass is 426 g/mol. The number of rotatable bonds is 5. The molecule has 0 aliphatic rings. The Hall–Kier alpha value is -2.80. The van der Waals surface area contributed by atoms with E-state index in [9.17, 15) is 9.18 Å². The standard InChI is InChI=1S/C19H11FN4OS3/c20-13-3-1-11(2-4-13)14-8-27-18-16(14)19(23-10-22-18)28-9-15(25)24-17-12(7-21)5-6-26-17/h1-6,8,10H,9H2,(H,24,25). The van der Waals surface area contributed by atoms with Gasteiger partial charge in [0, 0.05) is 10.9 Å². The molecule has 1 N–H and O–H groups in total. The van der Waals surface area contributed by atoms with Crippen LogP contribution in [-0.4, -0.2) is 21.6 Å². The minimum Gasteiger partial charge on any atom is -0.316 e. The molecule has 0 bridgehead atoms. The molecule has 0 radical (unpaired) electrons. The largest absolute Gasteiger partial charge is 0.316 e. The number of thiophene rings is 2. The van der Waals surface area contributed by atoms with E-state index < -0.39 is 0 Å². The van der Waals surface area contributed by atoms with Crippen LogP contribution in [0.1, 0.15) is 5.56 Å². The number of anilines is 1. The van der Waals surface area contributed by atoms with Gasteiger partial charge in [0.05, 0.1) is 16.7 Å². The summed E-state index contributed by atoms with van der Waals surface area (Å²) in [5, 5.41) is 17.6. The Morgan fingerprint density at radius 1 is 1.21 bits per heavy atom. The summed E-state index contributed by atoms with van der Waals surface area (Å²) in [7, 11) is 0. The highest BCUT2D eigenvalue weighted by Crippen LogP contribution is 2.38. The summed E-state index contributed by atoms with van der Waals surface area (Å²) in [5.74, 6) is -0.362. The van der Waals surface area contributed by atoms with Gasteiger partial charge in [0.2, 0.25) is 5.91 Å². The molecule has 28 heavy (non-hydrogen) atoms. The quantitative estimate of drug-likeness (QED) is 0.352. The van der Waals surface area contributed by atoms with Gasteiger partial charge in [-0.2, -0.15) is 5.26 Å². The smallest absolute Gasteiger partial charge is 0.235 e. The van der Waals surface area contributed by atoms with Gasteiger partial charge in [0.1, 0.15) is 33.1 Å². The fourth-order valence-corrected chi connectivity index (χ4v) is 5.14. The molecule has 0 fully saturated rings. The average Bonchev–Trinajstić information content (AvgIpc) is 3.34. The maximum absolute atomic E-state index is 13.3. The van der Waals surface area contributed by atoms with Crippen molar-refractivity contribution >= 4 is 55.6 Å². The third kappa shape index (κ3) is 3.75. The lowest BCUT2D eigenvalue weighted by Gasteiger charge is -2.06. The molecule has 0 aliphatic carbocycles. The van der Waals surface area contributed by atoms with Crippen molar-refractivity contribution in [3.8, 4) is 17.2 Å². The highest BCUT2D eigenvalue weighted by molar-refractivity contribution is 8.00. The summed E-state index contributed by atoms with van der Waals surface area (Å²) in [6.45, 7) is 0. The van der Waals surface area contributed by atoms with E-state index in [1.165, 1.54) is 52.9 Å². The van der Waals surface area contributed by atoms with Crippen LogP contribution in [0.4, 0.5) is 9.39 Å². The zero-order valence-electron chi connectivity index (χ0n) is 14.2. The van der Waals surface area contributed by atoms with Gasteiger partial charge < -0.3 is 5.32 Å². The number of halogens is 1. The second-order valence-corrected chi connectivity index (χ2v) is 8.37. The topological polar surface area (TPSA) is 78.7 Å². The molecule has 9 heteroatoms. The molecule has 0 spiro atoms. The fourth-order valence-electron chi connectivity index (χ4n) is 2.59. The predicted octanol–water partition coefficient (Wildman–Crippen LogP) is 5.16. The summed E-state index contributed by atoms with van der Waals surface area (Å²) in [6.07, 6.45) is 1.47. The highest BCUT2D eigenvalue weighted by Gasteiger charge is 2.15. The molecule has 0 aliphatic heterocycles. The van der Waals surface area contributed by atoms with E-state index in [2.05, 4.69) is 15.3 Å². The minimum absolute atomic E-state index is 0.146. The number of hydrogen-bond donors (Lipinski definition) is 1. The van der Waals surface area contributed by atoms with Crippen molar-refractivity contribution in [3.63, 3.8) is 0 Å². The molecule has 0 atom stereocenters. The van der Waals surface area contributed by atoms with Crippen molar-refractivity contribution in [3.05, 3.63) is 58.8 Å². The summed E-state index contributed by atoms with van der Waals surface area (Å²) < 4.78 is 13.3. The Balaban J connectivity index is 1.57. The Morgan fingerprint density at radius 3 is 2.82 bits per heavy atom. The van der Waals surface area contributed by atoms with Gasteiger partial charge in [-0.25, -0.2) is 14.4 Å². The summed E-state index contributed by atoms with van der Waals surface area (Å²) in [5.41, 5.74) is 2.23. The first-order valence-electron chi connectivity index (χ1n) is 8.04. The van der Waals surface area contributed by atoms with Crippen LogP contribution >= 0.6 is 34.4 Å². The van der Waals surface area contributed by atoms with Gasteiger partial charge in [-0.1, -0.05) is 23.9 Å². The van der Waals surface area contributed by atoms with Crippen LogP contribution in [0.3, 0.4) is 0 Å². The zero-order valence-corrected chi connectivity index (χ0v) is 16.6. The number of carbonyl (C=O) groups is 1. The zero-order chi connectivity index (χ0) is 19.5. The lowest BCUT2D eigenvalue weighted by molar-refractivity contribution is -0.113. The second-order valence-electron chi connectivity index (χ2n) is 5.63. The number of fused-ring (bicyclic) bond motifs is 1. The number of thioether (sulfide) groups is 1. The number of hydrogen-bond acceptors (Lipinski definition) is 7. The van der Waals surface area contributed by atoms with Gasteiger partial charge in [-0.3, -0.25) is 4.79 Å². The normalized spacial score (nSPS) is 10.7. The van der Waals surface area contributed by atoms with Gasteiger partial charge in [0.25, 0.3) is 0 Å². The van der Waals surface area contributed by atoms with E-state index >= 15 is 0 Å². The van der Waals surface area contributed by atoms with Crippen LogP contribution in [0.2, 0.25) is 0 Å². The van der Waals surface area contributed by atoms with Gasteiger partial charge in [-0.15, -0.1) is 22.7 Å². The Labute approximate surface area is 171 Å². The van der Waals surface area contributed by atoms with Crippen molar-refractivity contribution in [2.45, 2.75) is 5.03 Å². The van der Waals surface area contributed by atoms with Crippen molar-refractivity contribution in [2.75, 3.05) is 11.1 Å². The van der Waals surface area contributed by atoms with E-state index in [0.29, 0.717) is 15.6 Å². The van der Waals surface area contributed by atoms with E-state index in [4.69, 9.17) is 5.26 Å². The number of amides is 1. The third-order valence-electron chi connectivity index (χ3n) is 3.87. The van der Waals surface area contributed by atoms with Crippen LogP contribution < -0.4 is 5.32 Å². The summed E-state index contributed by atoms with van der Waals surface area (Å²) in [6, 6.07) is 9.97. The maximum atomic E-state index is 13.3. The van der Waals surface area contributed by atoms with Crippen LogP contribution in [0.15, 0.2) is 52.4 Å².